The summed E-state index contributed by atoms with van der Waals surface area (Å²) >= 11 is 5.76. The van der Waals surface area contributed by atoms with Crippen LogP contribution in [0.1, 0.15) is 11.6 Å². The Balaban J connectivity index is 2.64. The van der Waals surface area contributed by atoms with Gasteiger partial charge in [-0.2, -0.15) is 0 Å². The average Bonchev–Trinajstić information content (AvgIpc) is 2.42. The molecule has 2 N–H and O–H groups in total. The molecule has 1 aliphatic rings. The minimum Gasteiger partial charge on any atom is -0.490 e. The summed E-state index contributed by atoms with van der Waals surface area (Å²) in [5, 5.41) is 0.416. The average molecular weight is 188 g/mol. The summed E-state index contributed by atoms with van der Waals surface area (Å²) < 4.78 is 18.2. The van der Waals surface area contributed by atoms with Crippen molar-refractivity contribution in [3.63, 3.8) is 0 Å². The number of hydrogen-bond donors (Lipinski definition) is 1. The molecule has 0 saturated heterocycles. The Hall–Kier alpha value is -0.800. The number of rotatable bonds is 0. The Kier molecular flexibility index (Phi) is 1.70. The number of halogens is 2. The molecule has 0 aromatic heterocycles. The smallest absolute Gasteiger partial charge is 0.145 e. The van der Waals surface area contributed by atoms with E-state index < -0.39 is 6.04 Å². The predicted molar refractivity (Wildman–Crippen MR) is 43.8 cm³/mol. The van der Waals surface area contributed by atoms with E-state index in [9.17, 15) is 4.39 Å². The van der Waals surface area contributed by atoms with Crippen molar-refractivity contribution in [2.24, 2.45) is 5.73 Å². The van der Waals surface area contributed by atoms with Gasteiger partial charge in [0.15, 0.2) is 0 Å². The first-order chi connectivity index (χ1) is 5.70. The van der Waals surface area contributed by atoms with Gasteiger partial charge in [0.25, 0.3) is 0 Å². The molecule has 0 amide bonds. The van der Waals surface area contributed by atoms with Crippen molar-refractivity contribution in [2.45, 2.75) is 6.04 Å². The molecule has 0 aliphatic carbocycles. The van der Waals surface area contributed by atoms with Gasteiger partial charge in [-0.15, -0.1) is 0 Å². The molecule has 12 heavy (non-hydrogen) atoms. The quantitative estimate of drug-likeness (QED) is 0.673. The molecular weight excluding hydrogens is 181 g/mol. The second kappa shape index (κ2) is 2.61. The normalized spacial score (nSPS) is 20.4. The van der Waals surface area contributed by atoms with Gasteiger partial charge in [-0.05, 0) is 12.1 Å². The number of ether oxygens (including phenoxy) is 1. The number of benzene rings is 1. The summed E-state index contributed by atoms with van der Waals surface area (Å²) in [7, 11) is 0. The Bertz CT molecular complexity index is 329. The molecule has 1 aliphatic heterocycles. The minimum absolute atomic E-state index is 0.302. The van der Waals surface area contributed by atoms with Gasteiger partial charge in [-0.1, -0.05) is 11.6 Å². The number of hydrogen-bond acceptors (Lipinski definition) is 2. The van der Waals surface area contributed by atoms with E-state index in [1.807, 2.05) is 0 Å². The molecule has 0 bridgehead atoms. The number of nitrogens with two attached hydrogens (primary N) is 1. The molecule has 0 fully saturated rings. The maximum absolute atomic E-state index is 13.1. The standard InChI is InChI=1S/C8H7ClFNO/c9-4-1-2-5(10)7-6(11)3-12-8(4)7/h1-2,6H,3,11H2/t6-/m1/s1. The first kappa shape index (κ1) is 7.83. The third kappa shape index (κ3) is 0.974. The molecule has 1 aromatic rings. The zero-order chi connectivity index (χ0) is 8.72. The molecule has 0 spiro atoms. The van der Waals surface area contributed by atoms with Crippen molar-refractivity contribution in [1.29, 1.82) is 0 Å². The van der Waals surface area contributed by atoms with Crippen LogP contribution >= 0.6 is 11.6 Å². The Morgan fingerprint density at radius 3 is 3.00 bits per heavy atom. The molecule has 1 heterocycles. The fraction of sp³-hybridized carbons (Fsp3) is 0.250. The first-order valence-electron chi connectivity index (χ1n) is 3.56. The van der Waals surface area contributed by atoms with Gasteiger partial charge in [-0.3, -0.25) is 0 Å². The van der Waals surface area contributed by atoms with Crippen LogP contribution in [0.2, 0.25) is 5.02 Å². The van der Waals surface area contributed by atoms with Crippen molar-refractivity contribution in [3.05, 3.63) is 28.5 Å². The summed E-state index contributed by atoms with van der Waals surface area (Å²) in [5.41, 5.74) is 5.98. The largest absolute Gasteiger partial charge is 0.490 e. The molecule has 2 nitrogen and oxygen atoms in total. The SMILES string of the molecule is N[C@@H]1COc2c(Cl)ccc(F)c21. The zero-order valence-electron chi connectivity index (χ0n) is 6.18. The van der Waals surface area contributed by atoms with Crippen LogP contribution in [0.25, 0.3) is 0 Å². The second-order valence-corrected chi connectivity index (χ2v) is 3.10. The second-order valence-electron chi connectivity index (χ2n) is 2.69. The molecule has 1 aromatic carbocycles. The highest BCUT2D eigenvalue weighted by atomic mass is 35.5. The van der Waals surface area contributed by atoms with E-state index in [2.05, 4.69) is 0 Å². The van der Waals surface area contributed by atoms with Gasteiger partial charge in [0, 0.05) is 0 Å². The molecule has 1 atom stereocenters. The van der Waals surface area contributed by atoms with Crippen LogP contribution in [0, 0.1) is 5.82 Å². The first-order valence-corrected chi connectivity index (χ1v) is 3.94. The molecular formula is C8H7ClFNO. The van der Waals surface area contributed by atoms with Crippen molar-refractivity contribution < 1.29 is 9.13 Å². The van der Waals surface area contributed by atoms with Crippen molar-refractivity contribution in [1.82, 2.24) is 0 Å². The molecule has 0 saturated carbocycles. The highest BCUT2D eigenvalue weighted by molar-refractivity contribution is 6.32. The minimum atomic E-state index is -0.390. The van der Waals surface area contributed by atoms with E-state index in [0.29, 0.717) is 22.9 Å². The molecule has 64 valence electrons. The van der Waals surface area contributed by atoms with E-state index in [4.69, 9.17) is 22.1 Å². The van der Waals surface area contributed by atoms with Gasteiger partial charge in [0.05, 0.1) is 16.6 Å². The molecule has 0 radical (unpaired) electrons. The van der Waals surface area contributed by atoms with Gasteiger partial charge >= 0.3 is 0 Å². The van der Waals surface area contributed by atoms with E-state index in [-0.39, 0.29) is 5.82 Å². The van der Waals surface area contributed by atoms with E-state index in [0.717, 1.165) is 0 Å². The van der Waals surface area contributed by atoms with Crippen LogP contribution in [-0.4, -0.2) is 6.61 Å². The Labute approximate surface area is 74.1 Å². The predicted octanol–water partition coefficient (Wildman–Crippen LogP) is 1.87. The van der Waals surface area contributed by atoms with Crippen LogP contribution < -0.4 is 10.5 Å². The Morgan fingerprint density at radius 2 is 2.33 bits per heavy atom. The molecule has 0 unspecified atom stereocenters. The summed E-state index contributed by atoms with van der Waals surface area (Å²) in [6.45, 7) is 0.302. The summed E-state index contributed by atoms with van der Waals surface area (Å²) in [6, 6.07) is 2.38. The highest BCUT2D eigenvalue weighted by Crippen LogP contribution is 2.38. The van der Waals surface area contributed by atoms with Gasteiger partial charge in [0.2, 0.25) is 0 Å². The maximum Gasteiger partial charge on any atom is 0.145 e. The van der Waals surface area contributed by atoms with Crippen molar-refractivity contribution >= 4 is 11.6 Å². The lowest BCUT2D eigenvalue weighted by molar-refractivity contribution is 0.333. The summed E-state index contributed by atoms with van der Waals surface area (Å²) in [6.07, 6.45) is 0. The third-order valence-corrected chi connectivity index (χ3v) is 2.17. The van der Waals surface area contributed by atoms with Gasteiger partial charge in [0.1, 0.15) is 18.2 Å². The molecule has 2 rings (SSSR count). The lowest BCUT2D eigenvalue weighted by Gasteiger charge is -2.02. The van der Waals surface area contributed by atoms with Crippen LogP contribution in [0.4, 0.5) is 4.39 Å². The topological polar surface area (TPSA) is 35.2 Å². The lowest BCUT2D eigenvalue weighted by Crippen LogP contribution is -2.11. The fourth-order valence-electron chi connectivity index (χ4n) is 1.30. The van der Waals surface area contributed by atoms with Gasteiger partial charge in [-0.25, -0.2) is 4.39 Å². The van der Waals surface area contributed by atoms with Crippen molar-refractivity contribution in [3.8, 4) is 5.75 Å². The van der Waals surface area contributed by atoms with Crippen LogP contribution in [0.5, 0.6) is 5.75 Å². The Morgan fingerprint density at radius 1 is 1.58 bits per heavy atom. The number of fused-ring (bicyclic) bond motifs is 1. The van der Waals surface area contributed by atoms with Crippen molar-refractivity contribution in [2.75, 3.05) is 6.61 Å². The summed E-state index contributed by atoms with van der Waals surface area (Å²) in [5.74, 6) is 0.0450. The van der Waals surface area contributed by atoms with E-state index in [1.165, 1.54) is 12.1 Å². The third-order valence-electron chi connectivity index (χ3n) is 1.87. The van der Waals surface area contributed by atoms with E-state index in [1.54, 1.807) is 0 Å². The van der Waals surface area contributed by atoms with Crippen LogP contribution in [-0.2, 0) is 0 Å². The lowest BCUT2D eigenvalue weighted by atomic mass is 10.1. The zero-order valence-corrected chi connectivity index (χ0v) is 6.94. The fourth-order valence-corrected chi connectivity index (χ4v) is 1.52. The van der Waals surface area contributed by atoms with Crippen LogP contribution in [0.3, 0.4) is 0 Å². The molecule has 4 heteroatoms. The van der Waals surface area contributed by atoms with Gasteiger partial charge < -0.3 is 10.5 Å². The maximum atomic E-state index is 13.1. The van der Waals surface area contributed by atoms with Crippen LogP contribution in [0.15, 0.2) is 12.1 Å². The highest BCUT2D eigenvalue weighted by Gasteiger charge is 2.26. The summed E-state index contributed by atoms with van der Waals surface area (Å²) in [4.78, 5) is 0. The van der Waals surface area contributed by atoms with E-state index >= 15 is 0 Å². The monoisotopic (exact) mass is 187 g/mol.